The van der Waals surface area contributed by atoms with Gasteiger partial charge in [-0.1, -0.05) is 24.3 Å². The van der Waals surface area contributed by atoms with Gasteiger partial charge in [0.15, 0.2) is 5.65 Å². The maximum absolute atomic E-state index is 12.2. The number of hydrogen-bond acceptors (Lipinski definition) is 4. The summed E-state index contributed by atoms with van der Waals surface area (Å²) in [5, 5.41) is 7.03. The summed E-state index contributed by atoms with van der Waals surface area (Å²) in [6.07, 6.45) is 2.50. The van der Waals surface area contributed by atoms with Gasteiger partial charge < -0.3 is 10.1 Å². The molecule has 1 aliphatic heterocycles. The number of nitrogens with one attached hydrogen (secondary N) is 1. The van der Waals surface area contributed by atoms with E-state index in [2.05, 4.69) is 10.4 Å². The maximum Gasteiger partial charge on any atom is 0.350 e. The maximum atomic E-state index is 12.2. The van der Waals surface area contributed by atoms with E-state index in [1.54, 1.807) is 24.4 Å². The highest BCUT2D eigenvalue weighted by Gasteiger charge is 2.20. The van der Waals surface area contributed by atoms with Gasteiger partial charge in [-0.2, -0.15) is 0 Å². The van der Waals surface area contributed by atoms with Crippen molar-refractivity contribution < 1.29 is 9.53 Å². The summed E-state index contributed by atoms with van der Waals surface area (Å²) >= 11 is 0. The summed E-state index contributed by atoms with van der Waals surface area (Å²) in [5.74, 6) is 0.905. The van der Waals surface area contributed by atoms with E-state index in [1.807, 2.05) is 24.3 Å². The lowest BCUT2D eigenvalue weighted by Gasteiger charge is -2.25. The van der Waals surface area contributed by atoms with E-state index in [4.69, 9.17) is 4.74 Å². The molecule has 2 aromatic heterocycles. The van der Waals surface area contributed by atoms with Crippen molar-refractivity contribution in [3.05, 3.63) is 64.7 Å². The molecule has 128 valence electrons. The Balaban J connectivity index is 1.37. The van der Waals surface area contributed by atoms with Gasteiger partial charge in [0.2, 0.25) is 5.91 Å². The third-order valence-electron chi connectivity index (χ3n) is 4.33. The standard InChI is InChI=1S/C18H18N4O3/c23-17(11-22-18(24)21-8-4-3-7-16(21)20-22)19-10-13-9-14-5-1-2-6-15(14)25-12-13/h1-8,13H,9-12H2,(H,19,23). The topological polar surface area (TPSA) is 77.6 Å². The van der Waals surface area contributed by atoms with Crippen LogP contribution in [0.2, 0.25) is 0 Å². The van der Waals surface area contributed by atoms with Gasteiger partial charge in [0.05, 0.1) is 6.61 Å². The molecule has 7 heteroatoms. The minimum Gasteiger partial charge on any atom is -0.493 e. The number of aromatic nitrogens is 3. The average molecular weight is 338 g/mol. The molecule has 7 nitrogen and oxygen atoms in total. The zero-order valence-electron chi connectivity index (χ0n) is 13.6. The van der Waals surface area contributed by atoms with Crippen LogP contribution in [0.15, 0.2) is 53.5 Å². The van der Waals surface area contributed by atoms with Crippen molar-refractivity contribution in [1.82, 2.24) is 19.5 Å². The first-order chi connectivity index (χ1) is 12.2. The first-order valence-electron chi connectivity index (χ1n) is 8.22. The van der Waals surface area contributed by atoms with Crippen LogP contribution in [0.4, 0.5) is 0 Å². The first-order valence-corrected chi connectivity index (χ1v) is 8.22. The Labute approximate surface area is 143 Å². The average Bonchev–Trinajstić information content (AvgIpc) is 2.96. The van der Waals surface area contributed by atoms with Gasteiger partial charge in [-0.05, 0) is 30.2 Å². The largest absolute Gasteiger partial charge is 0.493 e. The van der Waals surface area contributed by atoms with E-state index in [9.17, 15) is 9.59 Å². The van der Waals surface area contributed by atoms with Crippen LogP contribution in [-0.2, 0) is 17.8 Å². The Morgan fingerprint density at radius 2 is 2.08 bits per heavy atom. The zero-order valence-corrected chi connectivity index (χ0v) is 13.6. The molecule has 4 rings (SSSR count). The summed E-state index contributed by atoms with van der Waals surface area (Å²) in [5.41, 5.74) is 1.36. The second kappa shape index (κ2) is 6.43. The van der Waals surface area contributed by atoms with E-state index in [1.165, 1.54) is 9.08 Å². The monoisotopic (exact) mass is 338 g/mol. The number of amides is 1. The van der Waals surface area contributed by atoms with Crippen LogP contribution < -0.4 is 15.7 Å². The fourth-order valence-corrected chi connectivity index (χ4v) is 3.04. The van der Waals surface area contributed by atoms with Gasteiger partial charge in [-0.25, -0.2) is 9.48 Å². The van der Waals surface area contributed by atoms with E-state index in [-0.39, 0.29) is 24.1 Å². The van der Waals surface area contributed by atoms with Gasteiger partial charge in [-0.15, -0.1) is 5.10 Å². The predicted molar refractivity (Wildman–Crippen MR) is 91.6 cm³/mol. The second-order valence-corrected chi connectivity index (χ2v) is 6.16. The van der Waals surface area contributed by atoms with Gasteiger partial charge >= 0.3 is 5.69 Å². The number of ether oxygens (including phenoxy) is 1. The fourth-order valence-electron chi connectivity index (χ4n) is 3.04. The number of hydrogen-bond donors (Lipinski definition) is 1. The normalized spacial score (nSPS) is 16.2. The highest BCUT2D eigenvalue weighted by molar-refractivity contribution is 5.75. The molecule has 3 aromatic rings. The lowest BCUT2D eigenvalue weighted by Crippen LogP contribution is -2.38. The quantitative estimate of drug-likeness (QED) is 0.765. The molecular formula is C18H18N4O3. The van der Waals surface area contributed by atoms with Crippen LogP contribution in [0, 0.1) is 5.92 Å². The SMILES string of the molecule is O=C(Cn1nc2ccccn2c1=O)NCC1COc2ccccc2C1. The summed E-state index contributed by atoms with van der Waals surface area (Å²) in [4.78, 5) is 24.3. The molecular weight excluding hydrogens is 320 g/mol. The van der Waals surface area contributed by atoms with Crippen LogP contribution in [-0.4, -0.2) is 33.2 Å². The molecule has 0 aliphatic carbocycles. The molecule has 1 atom stereocenters. The molecule has 0 radical (unpaired) electrons. The fraction of sp³-hybridized carbons (Fsp3) is 0.278. The van der Waals surface area contributed by atoms with Crippen molar-refractivity contribution in [3.63, 3.8) is 0 Å². The summed E-state index contributed by atoms with van der Waals surface area (Å²) in [7, 11) is 0. The Hall–Kier alpha value is -3.09. The van der Waals surface area contributed by atoms with Crippen molar-refractivity contribution >= 4 is 11.6 Å². The molecule has 1 aliphatic rings. The number of benzene rings is 1. The summed E-state index contributed by atoms with van der Waals surface area (Å²) in [6, 6.07) is 13.2. The molecule has 3 heterocycles. The van der Waals surface area contributed by atoms with Crippen molar-refractivity contribution in [2.75, 3.05) is 13.2 Å². The van der Waals surface area contributed by atoms with Crippen molar-refractivity contribution in [2.24, 2.45) is 5.92 Å². The number of pyridine rings is 1. The van der Waals surface area contributed by atoms with Crippen LogP contribution in [0.5, 0.6) is 5.75 Å². The molecule has 0 spiro atoms. The highest BCUT2D eigenvalue weighted by atomic mass is 16.5. The summed E-state index contributed by atoms with van der Waals surface area (Å²) < 4.78 is 8.32. The van der Waals surface area contributed by atoms with Gasteiger partial charge in [0, 0.05) is 18.7 Å². The number of carbonyl (C=O) groups is 1. The van der Waals surface area contributed by atoms with Crippen LogP contribution in [0.3, 0.4) is 0 Å². The van der Waals surface area contributed by atoms with E-state index < -0.39 is 0 Å². The first kappa shape index (κ1) is 15.4. The number of fused-ring (bicyclic) bond motifs is 2. The lowest BCUT2D eigenvalue weighted by atomic mass is 9.97. The van der Waals surface area contributed by atoms with E-state index in [0.717, 1.165) is 17.7 Å². The van der Waals surface area contributed by atoms with Crippen LogP contribution in [0.25, 0.3) is 5.65 Å². The molecule has 25 heavy (non-hydrogen) atoms. The molecule has 1 amide bonds. The predicted octanol–water partition coefficient (Wildman–Crippen LogP) is 0.863. The van der Waals surface area contributed by atoms with Crippen LogP contribution in [0.1, 0.15) is 5.56 Å². The van der Waals surface area contributed by atoms with Crippen LogP contribution >= 0.6 is 0 Å². The summed E-state index contributed by atoms with van der Waals surface area (Å²) in [6.45, 7) is 0.992. The lowest BCUT2D eigenvalue weighted by molar-refractivity contribution is -0.122. The molecule has 0 saturated carbocycles. The minimum atomic E-state index is -0.319. The number of rotatable bonds is 4. The van der Waals surface area contributed by atoms with Gasteiger partial charge in [0.1, 0.15) is 12.3 Å². The molecule has 1 aromatic carbocycles. The van der Waals surface area contributed by atoms with Gasteiger partial charge in [0.25, 0.3) is 0 Å². The Bertz CT molecular complexity index is 976. The molecule has 0 saturated heterocycles. The van der Waals surface area contributed by atoms with E-state index >= 15 is 0 Å². The van der Waals surface area contributed by atoms with Crippen molar-refractivity contribution in [2.45, 2.75) is 13.0 Å². The molecule has 1 N–H and O–H groups in total. The Kier molecular flexibility index (Phi) is 3.97. The number of para-hydroxylation sites is 1. The molecule has 0 fully saturated rings. The van der Waals surface area contributed by atoms with E-state index in [0.29, 0.717) is 18.8 Å². The van der Waals surface area contributed by atoms with Crippen molar-refractivity contribution in [1.29, 1.82) is 0 Å². The Morgan fingerprint density at radius 1 is 1.24 bits per heavy atom. The Morgan fingerprint density at radius 3 is 2.96 bits per heavy atom. The number of nitrogens with zero attached hydrogens (tertiary/aromatic N) is 3. The van der Waals surface area contributed by atoms with Gasteiger partial charge in [-0.3, -0.25) is 9.20 Å². The zero-order chi connectivity index (χ0) is 17.2. The molecule has 1 unspecified atom stereocenters. The minimum absolute atomic E-state index is 0.0926. The highest BCUT2D eigenvalue weighted by Crippen LogP contribution is 2.26. The number of carbonyl (C=O) groups excluding carboxylic acids is 1. The van der Waals surface area contributed by atoms with Crippen molar-refractivity contribution in [3.8, 4) is 5.75 Å². The third-order valence-corrected chi connectivity index (χ3v) is 4.33. The third kappa shape index (κ3) is 3.13. The second-order valence-electron chi connectivity index (χ2n) is 6.16. The smallest absolute Gasteiger partial charge is 0.350 e. The molecule has 0 bridgehead atoms.